The van der Waals surface area contributed by atoms with E-state index in [4.69, 9.17) is 11.6 Å². The molecule has 1 heterocycles. The summed E-state index contributed by atoms with van der Waals surface area (Å²) < 4.78 is 0. The lowest BCUT2D eigenvalue weighted by atomic mass is 10.1. The Morgan fingerprint density at radius 2 is 1.79 bits per heavy atom. The Hall–Kier alpha value is -3.11. The monoisotopic (exact) mass is 390 g/mol. The second kappa shape index (κ2) is 7.49. The first-order valence-electron chi connectivity index (χ1n) is 9.05. The van der Waals surface area contributed by atoms with Crippen molar-refractivity contribution in [3.63, 3.8) is 0 Å². The lowest BCUT2D eigenvalue weighted by molar-refractivity contribution is 0.0728. The topological polar surface area (TPSA) is 49.4 Å². The Balaban J connectivity index is 1.71. The van der Waals surface area contributed by atoms with Gasteiger partial charge in [-0.15, -0.1) is 0 Å². The zero-order valence-corrected chi connectivity index (χ0v) is 16.1. The summed E-state index contributed by atoms with van der Waals surface area (Å²) in [7, 11) is 0. The van der Waals surface area contributed by atoms with Gasteiger partial charge in [0.05, 0.1) is 0 Å². The average Bonchev–Trinajstić information content (AvgIpc) is 2.96. The maximum atomic E-state index is 13.1. The van der Waals surface area contributed by atoms with Crippen LogP contribution >= 0.6 is 11.6 Å². The molecule has 0 aromatic heterocycles. The van der Waals surface area contributed by atoms with Crippen molar-refractivity contribution in [3.05, 3.63) is 100 Å². The summed E-state index contributed by atoms with van der Waals surface area (Å²) >= 11 is 6.33. The molecule has 3 aromatic rings. The molecule has 4 nitrogen and oxygen atoms in total. The minimum absolute atomic E-state index is 0.000489. The molecule has 0 bridgehead atoms. The summed E-state index contributed by atoms with van der Waals surface area (Å²) in [5, 5.41) is 4.05. The van der Waals surface area contributed by atoms with Crippen molar-refractivity contribution in [3.8, 4) is 0 Å². The Morgan fingerprint density at radius 1 is 1.04 bits per heavy atom. The Labute approximate surface area is 168 Å². The van der Waals surface area contributed by atoms with Gasteiger partial charge < -0.3 is 10.2 Å². The van der Waals surface area contributed by atoms with Crippen LogP contribution in [0.3, 0.4) is 0 Å². The van der Waals surface area contributed by atoms with Crippen molar-refractivity contribution in [1.82, 2.24) is 4.90 Å². The second-order valence-corrected chi connectivity index (χ2v) is 7.20. The van der Waals surface area contributed by atoms with Gasteiger partial charge in [-0.25, -0.2) is 0 Å². The van der Waals surface area contributed by atoms with Crippen molar-refractivity contribution < 1.29 is 9.59 Å². The number of halogens is 1. The SMILES string of the molecule is CC(=O)c1cccc(N[C@H]2c3ccccc3C(=O)N2Cc2ccccc2Cl)c1. The molecular weight excluding hydrogens is 372 g/mol. The predicted octanol–water partition coefficient (Wildman–Crippen LogP) is 5.31. The minimum Gasteiger partial charge on any atom is -0.361 e. The molecule has 3 aromatic carbocycles. The number of amides is 1. The highest BCUT2D eigenvalue weighted by Gasteiger charge is 2.36. The maximum Gasteiger partial charge on any atom is 0.256 e. The molecular formula is C23H19ClN2O2. The molecule has 5 heteroatoms. The van der Waals surface area contributed by atoms with Crippen LogP contribution in [-0.4, -0.2) is 16.6 Å². The first-order chi connectivity index (χ1) is 13.5. The highest BCUT2D eigenvalue weighted by atomic mass is 35.5. The molecule has 0 fully saturated rings. The number of carbonyl (C=O) groups excluding carboxylic acids is 2. The number of ketones is 1. The molecule has 140 valence electrons. The number of Topliss-reactive ketones (excluding diaryl/α,β-unsaturated/α-hetero) is 1. The summed E-state index contributed by atoms with van der Waals surface area (Å²) in [6.07, 6.45) is -0.345. The van der Waals surface area contributed by atoms with Crippen molar-refractivity contribution in [2.45, 2.75) is 19.6 Å². The van der Waals surface area contributed by atoms with Gasteiger partial charge in [0.15, 0.2) is 5.78 Å². The average molecular weight is 391 g/mol. The van der Waals surface area contributed by atoms with Crippen molar-refractivity contribution >= 4 is 29.0 Å². The van der Waals surface area contributed by atoms with Crippen LogP contribution in [0.15, 0.2) is 72.8 Å². The van der Waals surface area contributed by atoms with E-state index in [1.807, 2.05) is 60.7 Å². The van der Waals surface area contributed by atoms with Crippen molar-refractivity contribution in [2.24, 2.45) is 0 Å². The van der Waals surface area contributed by atoms with Crippen LogP contribution in [0.25, 0.3) is 0 Å². The van der Waals surface area contributed by atoms with E-state index < -0.39 is 0 Å². The second-order valence-electron chi connectivity index (χ2n) is 6.80. The van der Waals surface area contributed by atoms with Gasteiger partial charge in [-0.1, -0.05) is 60.1 Å². The molecule has 1 aliphatic rings. The quantitative estimate of drug-likeness (QED) is 0.600. The van der Waals surface area contributed by atoms with E-state index in [0.717, 1.165) is 16.8 Å². The number of benzene rings is 3. The number of fused-ring (bicyclic) bond motifs is 1. The van der Waals surface area contributed by atoms with E-state index in [-0.39, 0.29) is 17.9 Å². The molecule has 1 atom stereocenters. The smallest absolute Gasteiger partial charge is 0.256 e. The maximum absolute atomic E-state index is 13.1. The van der Waals surface area contributed by atoms with Crippen LogP contribution < -0.4 is 5.32 Å². The lowest BCUT2D eigenvalue weighted by Crippen LogP contribution is -2.32. The molecule has 1 aliphatic heterocycles. The van der Waals surface area contributed by atoms with Crippen LogP contribution in [0.1, 0.15) is 44.9 Å². The number of nitrogens with zero attached hydrogens (tertiary/aromatic N) is 1. The van der Waals surface area contributed by atoms with Crippen LogP contribution in [0.5, 0.6) is 0 Å². The summed E-state index contributed by atoms with van der Waals surface area (Å²) in [6.45, 7) is 1.93. The highest BCUT2D eigenvalue weighted by molar-refractivity contribution is 6.31. The third kappa shape index (κ3) is 3.39. The molecule has 0 saturated carbocycles. The number of hydrogen-bond donors (Lipinski definition) is 1. The van der Waals surface area contributed by atoms with Crippen LogP contribution in [-0.2, 0) is 6.54 Å². The fourth-order valence-electron chi connectivity index (χ4n) is 3.48. The molecule has 1 amide bonds. The number of hydrogen-bond acceptors (Lipinski definition) is 3. The van der Waals surface area contributed by atoms with Gasteiger partial charge in [0, 0.05) is 33.9 Å². The van der Waals surface area contributed by atoms with E-state index in [9.17, 15) is 9.59 Å². The predicted molar refractivity (Wildman–Crippen MR) is 111 cm³/mol. The Kier molecular flexibility index (Phi) is 4.88. The number of anilines is 1. The van der Waals surface area contributed by atoms with Crippen LogP contribution in [0.2, 0.25) is 5.02 Å². The van der Waals surface area contributed by atoms with Gasteiger partial charge in [0.25, 0.3) is 5.91 Å². The standard InChI is InChI=1S/C23H19ClN2O2/c1-15(27)16-8-6-9-18(13-16)25-22-19-10-3-4-11-20(19)23(28)26(22)14-17-7-2-5-12-21(17)24/h2-13,22,25H,14H2,1H3/t22-/m1/s1. The summed E-state index contributed by atoms with van der Waals surface area (Å²) in [5.74, 6) is -0.0461. The number of nitrogens with one attached hydrogen (secondary N) is 1. The van der Waals surface area contributed by atoms with Crippen LogP contribution in [0.4, 0.5) is 5.69 Å². The first kappa shape index (κ1) is 18.3. The fourth-order valence-corrected chi connectivity index (χ4v) is 3.68. The summed E-state index contributed by atoms with van der Waals surface area (Å²) in [4.78, 5) is 26.6. The zero-order chi connectivity index (χ0) is 19.7. The minimum atomic E-state index is -0.345. The van der Waals surface area contributed by atoms with E-state index in [0.29, 0.717) is 22.7 Å². The van der Waals surface area contributed by atoms with E-state index in [1.54, 1.807) is 17.0 Å². The largest absolute Gasteiger partial charge is 0.361 e. The van der Waals surface area contributed by atoms with Gasteiger partial charge in [-0.05, 0) is 36.8 Å². The van der Waals surface area contributed by atoms with E-state index in [2.05, 4.69) is 5.32 Å². The third-order valence-electron chi connectivity index (χ3n) is 4.93. The van der Waals surface area contributed by atoms with Gasteiger partial charge in [-0.2, -0.15) is 0 Å². The Bertz CT molecular complexity index is 1060. The van der Waals surface area contributed by atoms with E-state index >= 15 is 0 Å². The molecule has 0 spiro atoms. The molecule has 0 aliphatic carbocycles. The van der Waals surface area contributed by atoms with Gasteiger partial charge in [-0.3, -0.25) is 9.59 Å². The van der Waals surface area contributed by atoms with Gasteiger partial charge >= 0.3 is 0 Å². The fraction of sp³-hybridized carbons (Fsp3) is 0.130. The van der Waals surface area contributed by atoms with Crippen molar-refractivity contribution in [1.29, 1.82) is 0 Å². The summed E-state index contributed by atoms with van der Waals surface area (Å²) in [5.41, 5.74) is 3.88. The summed E-state index contributed by atoms with van der Waals surface area (Å²) in [6, 6.07) is 22.4. The number of carbonyl (C=O) groups is 2. The molecule has 0 unspecified atom stereocenters. The molecule has 0 saturated heterocycles. The van der Waals surface area contributed by atoms with Gasteiger partial charge in [0.1, 0.15) is 6.17 Å². The van der Waals surface area contributed by atoms with Crippen LogP contribution in [0, 0.1) is 0 Å². The molecule has 4 rings (SSSR count). The molecule has 28 heavy (non-hydrogen) atoms. The van der Waals surface area contributed by atoms with E-state index in [1.165, 1.54) is 6.92 Å². The highest BCUT2D eigenvalue weighted by Crippen LogP contribution is 2.36. The lowest BCUT2D eigenvalue weighted by Gasteiger charge is -2.27. The zero-order valence-electron chi connectivity index (χ0n) is 15.4. The van der Waals surface area contributed by atoms with Crippen molar-refractivity contribution in [2.75, 3.05) is 5.32 Å². The third-order valence-corrected chi connectivity index (χ3v) is 5.30. The van der Waals surface area contributed by atoms with Gasteiger partial charge in [0.2, 0.25) is 0 Å². The normalized spacial score (nSPS) is 15.4. The number of rotatable bonds is 5. The molecule has 1 N–H and O–H groups in total. The molecule has 0 radical (unpaired) electrons. The first-order valence-corrected chi connectivity index (χ1v) is 9.43. The Morgan fingerprint density at radius 3 is 2.57 bits per heavy atom.